The summed E-state index contributed by atoms with van der Waals surface area (Å²) in [5.74, 6) is 0. The largest absolute Gasteiger partial charge is 0.307 e. The maximum atomic E-state index is 6.10. The third kappa shape index (κ3) is 2.41. The van der Waals surface area contributed by atoms with Crippen molar-refractivity contribution in [2.24, 2.45) is 0 Å². The molecule has 0 amide bonds. The summed E-state index contributed by atoms with van der Waals surface area (Å²) in [6.07, 6.45) is 6.26. The van der Waals surface area contributed by atoms with Crippen LogP contribution in [-0.4, -0.2) is 6.54 Å². The van der Waals surface area contributed by atoms with E-state index in [0.717, 1.165) is 11.6 Å². The van der Waals surface area contributed by atoms with Crippen LogP contribution in [0.25, 0.3) is 0 Å². The van der Waals surface area contributed by atoms with Crippen LogP contribution in [0.15, 0.2) is 24.3 Å². The van der Waals surface area contributed by atoms with E-state index >= 15 is 0 Å². The summed E-state index contributed by atoms with van der Waals surface area (Å²) in [4.78, 5) is 0. The van der Waals surface area contributed by atoms with Crippen molar-refractivity contribution in [3.63, 3.8) is 0 Å². The van der Waals surface area contributed by atoms with E-state index in [1.807, 2.05) is 6.07 Å². The molecule has 1 N–H and O–H groups in total. The quantitative estimate of drug-likeness (QED) is 0.834. The molecular weight excluding hydrogens is 218 g/mol. The number of hydrogen-bond donors (Lipinski definition) is 1. The molecule has 2 heteroatoms. The number of benzene rings is 1. The molecule has 0 saturated carbocycles. The number of hydrogen-bond acceptors (Lipinski definition) is 1. The first-order valence-electron chi connectivity index (χ1n) is 6.28. The molecule has 1 saturated heterocycles. The Balaban J connectivity index is 2.30. The zero-order chi connectivity index (χ0) is 11.4. The fourth-order valence-electron chi connectivity index (χ4n) is 2.78. The molecule has 1 aliphatic heterocycles. The zero-order valence-electron chi connectivity index (χ0n) is 9.93. The Bertz CT molecular complexity index is 337. The minimum absolute atomic E-state index is 0.178. The molecule has 2 rings (SSSR count). The van der Waals surface area contributed by atoms with Crippen LogP contribution >= 0.6 is 11.6 Å². The van der Waals surface area contributed by atoms with Gasteiger partial charge in [0.2, 0.25) is 0 Å². The van der Waals surface area contributed by atoms with Crippen LogP contribution in [-0.2, 0) is 5.54 Å². The highest BCUT2D eigenvalue weighted by Gasteiger charge is 2.32. The normalized spacial score (nSPS) is 25.6. The number of halogens is 1. The lowest BCUT2D eigenvalue weighted by molar-refractivity contribution is 0.238. The Morgan fingerprint density at radius 2 is 2.25 bits per heavy atom. The number of nitrogens with one attached hydrogen (secondary N) is 1. The van der Waals surface area contributed by atoms with Gasteiger partial charge in [0, 0.05) is 10.6 Å². The average Bonchev–Trinajstić information content (AvgIpc) is 2.31. The van der Waals surface area contributed by atoms with E-state index in [4.69, 9.17) is 11.6 Å². The number of rotatable bonds is 3. The molecule has 1 heterocycles. The highest BCUT2D eigenvalue weighted by Crippen LogP contribution is 2.35. The van der Waals surface area contributed by atoms with Crippen molar-refractivity contribution in [2.75, 3.05) is 6.54 Å². The van der Waals surface area contributed by atoms with Crippen LogP contribution in [0.3, 0.4) is 0 Å². The minimum atomic E-state index is 0.178. The lowest BCUT2D eigenvalue weighted by Gasteiger charge is -2.39. The Morgan fingerprint density at radius 3 is 2.88 bits per heavy atom. The van der Waals surface area contributed by atoms with E-state index in [2.05, 4.69) is 30.4 Å². The van der Waals surface area contributed by atoms with Crippen molar-refractivity contribution in [1.29, 1.82) is 0 Å². The fraction of sp³-hybridized carbons (Fsp3) is 0.571. The molecule has 0 radical (unpaired) electrons. The van der Waals surface area contributed by atoms with Gasteiger partial charge in [0.25, 0.3) is 0 Å². The second-order valence-corrected chi connectivity index (χ2v) is 5.16. The standard InChI is InChI=1S/C14H20ClN/c1-2-8-14(9-3-4-10-16-14)12-6-5-7-13(15)11-12/h5-7,11,16H,2-4,8-10H2,1H3. The van der Waals surface area contributed by atoms with Gasteiger partial charge in [-0.1, -0.05) is 43.5 Å². The molecule has 16 heavy (non-hydrogen) atoms. The van der Waals surface area contributed by atoms with Crippen LogP contribution in [0, 0.1) is 0 Å². The smallest absolute Gasteiger partial charge is 0.0435 e. The van der Waals surface area contributed by atoms with Gasteiger partial charge >= 0.3 is 0 Å². The summed E-state index contributed by atoms with van der Waals surface area (Å²) >= 11 is 6.10. The first kappa shape index (κ1) is 11.9. The van der Waals surface area contributed by atoms with Crippen molar-refractivity contribution in [3.05, 3.63) is 34.9 Å². The van der Waals surface area contributed by atoms with Crippen LogP contribution < -0.4 is 5.32 Å². The molecule has 1 aromatic rings. The van der Waals surface area contributed by atoms with Crippen molar-refractivity contribution in [3.8, 4) is 0 Å². The Hall–Kier alpha value is -0.530. The first-order chi connectivity index (χ1) is 7.77. The Kier molecular flexibility index (Phi) is 3.88. The van der Waals surface area contributed by atoms with Crippen molar-refractivity contribution >= 4 is 11.6 Å². The first-order valence-corrected chi connectivity index (χ1v) is 6.66. The van der Waals surface area contributed by atoms with E-state index in [-0.39, 0.29) is 5.54 Å². The highest BCUT2D eigenvalue weighted by atomic mass is 35.5. The molecule has 1 nitrogen and oxygen atoms in total. The van der Waals surface area contributed by atoms with E-state index in [0.29, 0.717) is 0 Å². The van der Waals surface area contributed by atoms with Crippen LogP contribution in [0.1, 0.15) is 44.6 Å². The third-order valence-electron chi connectivity index (χ3n) is 3.55. The van der Waals surface area contributed by atoms with E-state index in [9.17, 15) is 0 Å². The lowest BCUT2D eigenvalue weighted by Crippen LogP contribution is -2.45. The maximum Gasteiger partial charge on any atom is 0.0435 e. The second-order valence-electron chi connectivity index (χ2n) is 4.73. The minimum Gasteiger partial charge on any atom is -0.307 e. The maximum absolute atomic E-state index is 6.10. The Morgan fingerprint density at radius 1 is 1.38 bits per heavy atom. The molecular formula is C14H20ClN. The highest BCUT2D eigenvalue weighted by molar-refractivity contribution is 6.30. The molecule has 1 atom stereocenters. The van der Waals surface area contributed by atoms with Crippen LogP contribution in [0.2, 0.25) is 5.02 Å². The van der Waals surface area contributed by atoms with Gasteiger partial charge in [-0.15, -0.1) is 0 Å². The lowest BCUT2D eigenvalue weighted by atomic mass is 9.79. The summed E-state index contributed by atoms with van der Waals surface area (Å²) in [5.41, 5.74) is 1.54. The Labute approximate surface area is 103 Å². The molecule has 0 aromatic heterocycles. The number of piperidine rings is 1. The molecule has 0 spiro atoms. The topological polar surface area (TPSA) is 12.0 Å². The molecule has 1 aliphatic rings. The predicted molar refractivity (Wildman–Crippen MR) is 69.9 cm³/mol. The van der Waals surface area contributed by atoms with Crippen LogP contribution in [0.5, 0.6) is 0 Å². The van der Waals surface area contributed by atoms with Gasteiger partial charge < -0.3 is 5.32 Å². The fourth-order valence-corrected chi connectivity index (χ4v) is 2.98. The van der Waals surface area contributed by atoms with Crippen molar-refractivity contribution < 1.29 is 0 Å². The van der Waals surface area contributed by atoms with Crippen LogP contribution in [0.4, 0.5) is 0 Å². The van der Waals surface area contributed by atoms with E-state index in [1.165, 1.54) is 37.7 Å². The van der Waals surface area contributed by atoms with E-state index < -0.39 is 0 Å². The molecule has 1 unspecified atom stereocenters. The predicted octanol–water partition coefficient (Wildman–Crippen LogP) is 4.11. The molecule has 1 fully saturated rings. The second kappa shape index (κ2) is 5.20. The molecule has 0 bridgehead atoms. The zero-order valence-corrected chi connectivity index (χ0v) is 10.7. The van der Waals surface area contributed by atoms with Gasteiger partial charge in [-0.2, -0.15) is 0 Å². The van der Waals surface area contributed by atoms with Gasteiger partial charge in [0.1, 0.15) is 0 Å². The van der Waals surface area contributed by atoms with Crippen molar-refractivity contribution in [1.82, 2.24) is 5.32 Å². The SMILES string of the molecule is CCCC1(c2cccc(Cl)c2)CCCCN1. The van der Waals surface area contributed by atoms with E-state index in [1.54, 1.807) is 0 Å². The summed E-state index contributed by atoms with van der Waals surface area (Å²) in [6.45, 7) is 3.38. The van der Waals surface area contributed by atoms with Gasteiger partial charge in [-0.05, 0) is 43.5 Å². The van der Waals surface area contributed by atoms with Crippen molar-refractivity contribution in [2.45, 2.75) is 44.6 Å². The molecule has 0 aliphatic carbocycles. The summed E-state index contributed by atoms with van der Waals surface area (Å²) in [6, 6.07) is 8.34. The average molecular weight is 238 g/mol. The molecule has 1 aromatic carbocycles. The monoisotopic (exact) mass is 237 g/mol. The summed E-state index contributed by atoms with van der Waals surface area (Å²) in [7, 11) is 0. The van der Waals surface area contributed by atoms with Gasteiger partial charge in [0.05, 0.1) is 0 Å². The third-order valence-corrected chi connectivity index (χ3v) is 3.78. The molecule has 88 valence electrons. The van der Waals surface area contributed by atoms with Gasteiger partial charge in [-0.3, -0.25) is 0 Å². The summed E-state index contributed by atoms with van der Waals surface area (Å²) < 4.78 is 0. The summed E-state index contributed by atoms with van der Waals surface area (Å²) in [5, 5.41) is 4.57. The van der Waals surface area contributed by atoms with Gasteiger partial charge in [0.15, 0.2) is 0 Å². The van der Waals surface area contributed by atoms with Gasteiger partial charge in [-0.25, -0.2) is 0 Å².